The predicted octanol–water partition coefficient (Wildman–Crippen LogP) is 9.52. The Bertz CT molecular complexity index is 2130. The zero-order chi connectivity index (χ0) is 29.3. The molecule has 0 radical (unpaired) electrons. The summed E-state index contributed by atoms with van der Waals surface area (Å²) in [5.74, 6) is 2.00. The number of benzene rings is 6. The fourth-order valence-corrected chi connectivity index (χ4v) is 7.45. The third-order valence-corrected chi connectivity index (χ3v) is 9.28. The van der Waals surface area contributed by atoms with E-state index in [1.165, 1.54) is 50.1 Å². The van der Waals surface area contributed by atoms with E-state index in [9.17, 15) is 0 Å². The summed E-state index contributed by atoms with van der Waals surface area (Å²) in [6.45, 7) is 2.23. The first-order valence-corrected chi connectivity index (χ1v) is 15.0. The van der Waals surface area contributed by atoms with Crippen LogP contribution < -0.4 is 0 Å². The molecule has 1 aromatic heterocycles. The minimum Gasteiger partial charge on any atom is -0.208 e. The maximum Gasteiger partial charge on any atom is 0.164 e. The monoisotopic (exact) mass is 561 g/mol. The van der Waals surface area contributed by atoms with Crippen molar-refractivity contribution >= 4 is 0 Å². The van der Waals surface area contributed by atoms with Gasteiger partial charge >= 0.3 is 0 Å². The minimum atomic E-state index is -0.419. The highest BCUT2D eigenvalue weighted by atomic mass is 15.0. The lowest BCUT2D eigenvalue weighted by molar-refractivity contribution is 0.793. The van der Waals surface area contributed by atoms with Crippen LogP contribution >= 0.6 is 0 Å². The van der Waals surface area contributed by atoms with Gasteiger partial charge in [-0.05, 0) is 63.1 Å². The van der Waals surface area contributed by atoms with Gasteiger partial charge in [-0.15, -0.1) is 0 Å². The van der Waals surface area contributed by atoms with Crippen molar-refractivity contribution in [2.45, 2.75) is 12.3 Å². The maximum atomic E-state index is 5.07. The number of aryl methyl sites for hydroxylation is 1. The van der Waals surface area contributed by atoms with Crippen molar-refractivity contribution < 1.29 is 0 Å². The Morgan fingerprint density at radius 3 is 1.48 bits per heavy atom. The lowest BCUT2D eigenvalue weighted by Gasteiger charge is -2.30. The fourth-order valence-electron chi connectivity index (χ4n) is 7.45. The SMILES string of the molecule is Cc1cccc2c1-c1ccc(-c3nc(-c4ccccc4)nc(-c4ccccc4)n3)cc1C21c2ccccc2-c2ccccc21. The molecule has 9 rings (SSSR count). The van der Waals surface area contributed by atoms with Crippen LogP contribution in [0, 0.1) is 6.92 Å². The van der Waals surface area contributed by atoms with E-state index < -0.39 is 5.41 Å². The number of hydrogen-bond acceptors (Lipinski definition) is 3. The Morgan fingerprint density at radius 1 is 0.386 bits per heavy atom. The van der Waals surface area contributed by atoms with Gasteiger partial charge in [0.05, 0.1) is 5.41 Å². The van der Waals surface area contributed by atoms with E-state index in [2.05, 4.69) is 116 Å². The molecule has 0 atom stereocenters. The molecule has 0 fully saturated rings. The third-order valence-electron chi connectivity index (χ3n) is 9.28. The van der Waals surface area contributed by atoms with Gasteiger partial charge in [0.25, 0.3) is 0 Å². The average Bonchev–Trinajstić information content (AvgIpc) is 3.57. The normalized spacial score (nSPS) is 13.3. The molecule has 0 aliphatic heterocycles. The Morgan fingerprint density at radius 2 is 0.886 bits per heavy atom. The molecular formula is C41H27N3. The lowest BCUT2D eigenvalue weighted by Crippen LogP contribution is -2.26. The molecule has 0 unspecified atom stereocenters. The first-order chi connectivity index (χ1) is 21.7. The van der Waals surface area contributed by atoms with Gasteiger partial charge in [0.2, 0.25) is 0 Å². The first-order valence-electron chi connectivity index (χ1n) is 15.0. The molecule has 3 heteroatoms. The van der Waals surface area contributed by atoms with E-state index in [-0.39, 0.29) is 0 Å². The zero-order valence-corrected chi connectivity index (χ0v) is 24.2. The summed E-state index contributed by atoms with van der Waals surface area (Å²) in [7, 11) is 0. The molecule has 44 heavy (non-hydrogen) atoms. The topological polar surface area (TPSA) is 38.7 Å². The van der Waals surface area contributed by atoms with Crippen LogP contribution in [0.3, 0.4) is 0 Å². The van der Waals surface area contributed by atoms with Crippen molar-refractivity contribution in [3.8, 4) is 56.4 Å². The highest BCUT2D eigenvalue weighted by molar-refractivity contribution is 5.96. The quantitative estimate of drug-likeness (QED) is 0.216. The molecule has 0 amide bonds. The van der Waals surface area contributed by atoms with Crippen LogP contribution in [0.5, 0.6) is 0 Å². The lowest BCUT2D eigenvalue weighted by atomic mass is 9.70. The van der Waals surface area contributed by atoms with Crippen LogP contribution in [0.25, 0.3) is 56.4 Å². The Labute approximate surface area is 256 Å². The first kappa shape index (κ1) is 24.9. The highest BCUT2D eigenvalue weighted by Crippen LogP contribution is 2.63. The summed E-state index contributed by atoms with van der Waals surface area (Å²) >= 11 is 0. The Hall–Kier alpha value is -5.67. The highest BCUT2D eigenvalue weighted by Gasteiger charge is 2.51. The van der Waals surface area contributed by atoms with Crippen molar-refractivity contribution in [2.75, 3.05) is 0 Å². The van der Waals surface area contributed by atoms with Gasteiger partial charge in [-0.1, -0.05) is 140 Å². The number of hydrogen-bond donors (Lipinski definition) is 0. The van der Waals surface area contributed by atoms with Crippen molar-refractivity contribution in [1.82, 2.24) is 15.0 Å². The number of fused-ring (bicyclic) bond motifs is 10. The number of aromatic nitrogens is 3. The second-order valence-electron chi connectivity index (χ2n) is 11.6. The fraction of sp³-hybridized carbons (Fsp3) is 0.0488. The molecule has 1 spiro atoms. The van der Waals surface area contributed by atoms with Crippen molar-refractivity contribution in [2.24, 2.45) is 0 Å². The number of rotatable bonds is 3. The molecule has 0 saturated carbocycles. The van der Waals surface area contributed by atoms with Gasteiger partial charge in [0, 0.05) is 16.7 Å². The molecular weight excluding hydrogens is 534 g/mol. The van der Waals surface area contributed by atoms with Gasteiger partial charge in [0.15, 0.2) is 17.5 Å². The third kappa shape index (κ3) is 3.41. The summed E-state index contributed by atoms with van der Waals surface area (Å²) in [6, 6.07) is 51.7. The van der Waals surface area contributed by atoms with Gasteiger partial charge in [-0.25, -0.2) is 15.0 Å². The van der Waals surface area contributed by atoms with Crippen LogP contribution in [0.4, 0.5) is 0 Å². The number of nitrogens with zero attached hydrogens (tertiary/aromatic N) is 3. The summed E-state index contributed by atoms with van der Waals surface area (Å²) < 4.78 is 0. The molecule has 0 saturated heterocycles. The van der Waals surface area contributed by atoms with Gasteiger partial charge in [-0.3, -0.25) is 0 Å². The molecule has 1 heterocycles. The second kappa shape index (κ2) is 9.42. The molecule has 3 nitrogen and oxygen atoms in total. The van der Waals surface area contributed by atoms with E-state index in [4.69, 9.17) is 15.0 Å². The van der Waals surface area contributed by atoms with Crippen LogP contribution in [0.2, 0.25) is 0 Å². The second-order valence-corrected chi connectivity index (χ2v) is 11.6. The summed E-state index contributed by atoms with van der Waals surface area (Å²) in [6.07, 6.45) is 0. The molecule has 206 valence electrons. The molecule has 2 aliphatic rings. The van der Waals surface area contributed by atoms with E-state index >= 15 is 0 Å². The van der Waals surface area contributed by atoms with Gasteiger partial charge in [-0.2, -0.15) is 0 Å². The van der Waals surface area contributed by atoms with Crippen LogP contribution in [0.15, 0.2) is 146 Å². The molecule has 0 N–H and O–H groups in total. The summed E-state index contributed by atoms with van der Waals surface area (Å²) in [5, 5.41) is 0. The Balaban J connectivity index is 1.34. The van der Waals surface area contributed by atoms with Gasteiger partial charge in [0.1, 0.15) is 0 Å². The average molecular weight is 562 g/mol. The van der Waals surface area contributed by atoms with Crippen molar-refractivity contribution in [1.29, 1.82) is 0 Å². The van der Waals surface area contributed by atoms with Gasteiger partial charge < -0.3 is 0 Å². The van der Waals surface area contributed by atoms with Crippen LogP contribution in [-0.2, 0) is 5.41 Å². The van der Waals surface area contributed by atoms with Crippen molar-refractivity contribution in [3.63, 3.8) is 0 Å². The van der Waals surface area contributed by atoms with Crippen LogP contribution in [-0.4, -0.2) is 15.0 Å². The maximum absolute atomic E-state index is 5.07. The molecule has 7 aromatic rings. The summed E-state index contributed by atoms with van der Waals surface area (Å²) in [5.41, 5.74) is 14.2. The predicted molar refractivity (Wildman–Crippen MR) is 177 cm³/mol. The van der Waals surface area contributed by atoms with E-state index in [0.29, 0.717) is 17.5 Å². The van der Waals surface area contributed by atoms with Crippen molar-refractivity contribution in [3.05, 3.63) is 173 Å². The Kier molecular flexibility index (Phi) is 5.33. The minimum absolute atomic E-state index is 0.419. The van der Waals surface area contributed by atoms with E-state index in [1.807, 2.05) is 36.4 Å². The smallest absolute Gasteiger partial charge is 0.164 e. The molecule has 2 aliphatic carbocycles. The standard InChI is InChI=1S/C41H27N3/c1-26-13-12-22-35-37(26)32-24-23-29(25-36(32)41(35)33-20-10-8-18-30(33)31-19-9-11-21-34(31)41)40-43-38(27-14-4-2-5-15-27)42-39(44-40)28-16-6-3-7-17-28/h2-25H,1H3. The molecule has 0 bridgehead atoms. The zero-order valence-electron chi connectivity index (χ0n) is 24.2. The van der Waals surface area contributed by atoms with E-state index in [1.54, 1.807) is 0 Å². The van der Waals surface area contributed by atoms with Crippen LogP contribution in [0.1, 0.15) is 27.8 Å². The largest absolute Gasteiger partial charge is 0.208 e. The summed E-state index contributed by atoms with van der Waals surface area (Å²) in [4.78, 5) is 15.1. The molecule has 6 aromatic carbocycles. The van der Waals surface area contributed by atoms with E-state index in [0.717, 1.165) is 16.7 Å².